The summed E-state index contributed by atoms with van der Waals surface area (Å²) >= 11 is 1.81. The van der Waals surface area contributed by atoms with Gasteiger partial charge in [0, 0.05) is 4.88 Å². The highest BCUT2D eigenvalue weighted by atomic mass is 32.1. The van der Waals surface area contributed by atoms with Gasteiger partial charge in [-0.3, -0.25) is 0 Å². The monoisotopic (exact) mass is 247 g/mol. The summed E-state index contributed by atoms with van der Waals surface area (Å²) in [4.78, 5) is 1.42. The topological polar surface area (TPSA) is 23.8 Å². The molecule has 1 aromatic rings. The molecule has 2 heteroatoms. The second-order valence-electron chi connectivity index (χ2n) is 6.14. The predicted molar refractivity (Wildman–Crippen MR) is 72.9 cm³/mol. The number of nitriles is 1. The van der Waals surface area contributed by atoms with Crippen LogP contribution in [-0.4, -0.2) is 0 Å². The van der Waals surface area contributed by atoms with Crippen LogP contribution < -0.4 is 0 Å². The van der Waals surface area contributed by atoms with Crippen LogP contribution in [0.2, 0.25) is 0 Å². The van der Waals surface area contributed by atoms with Crippen LogP contribution in [0, 0.1) is 22.2 Å². The summed E-state index contributed by atoms with van der Waals surface area (Å²) in [5.41, 5.74) is 0.406. The molecule has 2 rings (SSSR count). The number of nitrogens with zero attached hydrogens (tertiary/aromatic N) is 1. The molecule has 0 bridgehead atoms. The van der Waals surface area contributed by atoms with Gasteiger partial charge in [-0.15, -0.1) is 11.3 Å². The van der Waals surface area contributed by atoms with Crippen molar-refractivity contribution < 1.29 is 0 Å². The largest absolute Gasteiger partial charge is 0.198 e. The first-order valence-corrected chi connectivity index (χ1v) is 7.37. The average molecular weight is 247 g/mol. The van der Waals surface area contributed by atoms with Crippen molar-refractivity contribution in [1.29, 1.82) is 5.26 Å². The van der Waals surface area contributed by atoms with E-state index in [-0.39, 0.29) is 5.41 Å². The van der Waals surface area contributed by atoms with E-state index >= 15 is 0 Å². The van der Waals surface area contributed by atoms with Gasteiger partial charge in [-0.05, 0) is 55.4 Å². The maximum atomic E-state index is 9.49. The molecule has 1 aliphatic carbocycles. The van der Waals surface area contributed by atoms with Crippen molar-refractivity contribution in [3.05, 3.63) is 22.4 Å². The molecular formula is C15H21NS. The van der Waals surface area contributed by atoms with E-state index < -0.39 is 0 Å². The van der Waals surface area contributed by atoms with Gasteiger partial charge in [-0.1, -0.05) is 19.9 Å². The molecule has 1 fully saturated rings. The molecule has 0 unspecified atom stereocenters. The van der Waals surface area contributed by atoms with Gasteiger partial charge in [0.2, 0.25) is 0 Å². The SMILES string of the molecule is CC1(C)CCC(C#N)(CCc2cccs2)CC1. The van der Waals surface area contributed by atoms with Gasteiger partial charge in [0.05, 0.1) is 11.5 Å². The molecule has 0 spiro atoms. The molecular weight excluding hydrogens is 226 g/mol. The highest BCUT2D eigenvalue weighted by Crippen LogP contribution is 2.47. The van der Waals surface area contributed by atoms with Crippen LogP contribution in [0.4, 0.5) is 0 Å². The Hall–Kier alpha value is -0.810. The fourth-order valence-corrected chi connectivity index (χ4v) is 3.35. The Balaban J connectivity index is 1.95. The molecule has 1 heterocycles. The standard InChI is InChI=1S/C15H21NS/c1-14(2)7-9-15(12-16,10-8-14)6-5-13-4-3-11-17-13/h3-4,11H,5-10H2,1-2H3. The molecule has 0 radical (unpaired) electrons. The number of hydrogen-bond donors (Lipinski definition) is 0. The van der Waals surface area contributed by atoms with E-state index in [1.807, 2.05) is 11.3 Å². The van der Waals surface area contributed by atoms with Crippen LogP contribution in [0.3, 0.4) is 0 Å². The van der Waals surface area contributed by atoms with E-state index in [9.17, 15) is 5.26 Å². The third kappa shape index (κ3) is 3.10. The number of aryl methyl sites for hydroxylation is 1. The van der Waals surface area contributed by atoms with Crippen LogP contribution in [0.15, 0.2) is 17.5 Å². The third-order valence-corrected chi connectivity index (χ3v) is 5.16. The van der Waals surface area contributed by atoms with Crippen molar-refractivity contribution in [2.24, 2.45) is 10.8 Å². The van der Waals surface area contributed by atoms with E-state index in [2.05, 4.69) is 37.4 Å². The first-order valence-electron chi connectivity index (χ1n) is 6.49. The van der Waals surface area contributed by atoms with Crippen molar-refractivity contribution in [1.82, 2.24) is 0 Å². The fourth-order valence-electron chi connectivity index (χ4n) is 2.64. The van der Waals surface area contributed by atoms with Crippen molar-refractivity contribution in [3.8, 4) is 6.07 Å². The lowest BCUT2D eigenvalue weighted by molar-refractivity contribution is 0.139. The van der Waals surface area contributed by atoms with Crippen LogP contribution in [-0.2, 0) is 6.42 Å². The van der Waals surface area contributed by atoms with Gasteiger partial charge in [0.25, 0.3) is 0 Å². The number of hydrogen-bond acceptors (Lipinski definition) is 2. The summed E-state index contributed by atoms with van der Waals surface area (Å²) in [5.74, 6) is 0. The van der Waals surface area contributed by atoms with Crippen LogP contribution in [0.1, 0.15) is 50.8 Å². The van der Waals surface area contributed by atoms with Gasteiger partial charge in [-0.25, -0.2) is 0 Å². The first-order chi connectivity index (χ1) is 8.05. The zero-order valence-corrected chi connectivity index (χ0v) is 11.6. The molecule has 1 saturated carbocycles. The highest BCUT2D eigenvalue weighted by Gasteiger charge is 2.38. The van der Waals surface area contributed by atoms with E-state index in [0.29, 0.717) is 5.41 Å². The predicted octanol–water partition coefficient (Wildman–Crippen LogP) is 4.79. The first kappa shape index (κ1) is 12.6. The zero-order valence-electron chi connectivity index (χ0n) is 10.8. The van der Waals surface area contributed by atoms with Gasteiger partial charge in [-0.2, -0.15) is 5.26 Å². The summed E-state index contributed by atoms with van der Waals surface area (Å²) in [7, 11) is 0. The zero-order chi connectivity index (χ0) is 12.4. The molecule has 0 atom stereocenters. The maximum absolute atomic E-state index is 9.49. The molecule has 1 aromatic heterocycles. The summed E-state index contributed by atoms with van der Waals surface area (Å²) in [6.45, 7) is 4.65. The van der Waals surface area contributed by atoms with Crippen LogP contribution >= 0.6 is 11.3 Å². The fraction of sp³-hybridized carbons (Fsp3) is 0.667. The molecule has 1 aliphatic rings. The molecule has 17 heavy (non-hydrogen) atoms. The Morgan fingerprint density at radius 3 is 2.53 bits per heavy atom. The summed E-state index contributed by atoms with van der Waals surface area (Å²) < 4.78 is 0. The maximum Gasteiger partial charge on any atom is 0.0689 e. The quantitative estimate of drug-likeness (QED) is 0.753. The summed E-state index contributed by atoms with van der Waals surface area (Å²) in [6.07, 6.45) is 6.69. The molecule has 0 aliphatic heterocycles. The van der Waals surface area contributed by atoms with Crippen molar-refractivity contribution >= 4 is 11.3 Å². The van der Waals surface area contributed by atoms with Gasteiger partial charge in [0.1, 0.15) is 0 Å². The van der Waals surface area contributed by atoms with Gasteiger partial charge >= 0.3 is 0 Å². The molecule has 92 valence electrons. The number of rotatable bonds is 3. The minimum Gasteiger partial charge on any atom is -0.198 e. The lowest BCUT2D eigenvalue weighted by Crippen LogP contribution is -2.30. The van der Waals surface area contributed by atoms with Crippen molar-refractivity contribution in [2.75, 3.05) is 0 Å². The molecule has 1 nitrogen and oxygen atoms in total. The van der Waals surface area contributed by atoms with E-state index in [0.717, 1.165) is 25.7 Å². The number of thiophene rings is 1. The van der Waals surface area contributed by atoms with Crippen LogP contribution in [0.5, 0.6) is 0 Å². The smallest absolute Gasteiger partial charge is 0.0689 e. The Labute approximate surface area is 108 Å². The second-order valence-corrected chi connectivity index (χ2v) is 7.17. The third-order valence-electron chi connectivity index (χ3n) is 4.23. The highest BCUT2D eigenvalue weighted by molar-refractivity contribution is 7.09. The molecule has 0 N–H and O–H groups in total. The van der Waals surface area contributed by atoms with Crippen molar-refractivity contribution in [2.45, 2.75) is 52.4 Å². The minimum atomic E-state index is -0.0422. The minimum absolute atomic E-state index is 0.0422. The Bertz CT molecular complexity index is 387. The molecule has 0 saturated heterocycles. The van der Waals surface area contributed by atoms with Crippen LogP contribution in [0.25, 0.3) is 0 Å². The Kier molecular flexibility index (Phi) is 3.58. The molecule has 0 aromatic carbocycles. The van der Waals surface area contributed by atoms with Crippen molar-refractivity contribution in [3.63, 3.8) is 0 Å². The van der Waals surface area contributed by atoms with Gasteiger partial charge in [0.15, 0.2) is 0 Å². The summed E-state index contributed by atoms with van der Waals surface area (Å²) in [5, 5.41) is 11.6. The average Bonchev–Trinajstić information content (AvgIpc) is 2.82. The Morgan fingerprint density at radius 2 is 2.00 bits per heavy atom. The lowest BCUT2D eigenvalue weighted by Gasteiger charge is -2.39. The molecule has 0 amide bonds. The van der Waals surface area contributed by atoms with E-state index in [4.69, 9.17) is 0 Å². The summed E-state index contributed by atoms with van der Waals surface area (Å²) in [6, 6.07) is 6.91. The Morgan fingerprint density at radius 1 is 1.29 bits per heavy atom. The van der Waals surface area contributed by atoms with E-state index in [1.54, 1.807) is 0 Å². The normalized spacial score (nSPS) is 21.9. The van der Waals surface area contributed by atoms with Gasteiger partial charge < -0.3 is 0 Å². The lowest BCUT2D eigenvalue weighted by atomic mass is 9.64. The van der Waals surface area contributed by atoms with E-state index in [1.165, 1.54) is 17.7 Å². The second kappa shape index (κ2) is 4.82.